The first-order chi connectivity index (χ1) is 16.4. The molecule has 0 spiro atoms. The number of rotatable bonds is 5. The van der Waals surface area contributed by atoms with E-state index in [1.54, 1.807) is 66.9 Å². The van der Waals surface area contributed by atoms with Crippen molar-refractivity contribution in [3.05, 3.63) is 83.6 Å². The number of fused-ring (bicyclic) bond motifs is 1. The van der Waals surface area contributed by atoms with Gasteiger partial charge >= 0.3 is 5.91 Å². The Morgan fingerprint density at radius 3 is 2.53 bits per heavy atom. The first-order valence-electron chi connectivity index (χ1n) is 10.8. The van der Waals surface area contributed by atoms with Gasteiger partial charge in [-0.2, -0.15) is 0 Å². The zero-order valence-corrected chi connectivity index (χ0v) is 18.6. The fraction of sp³-hybridized carbons (Fsp3) is 0.192. The topological polar surface area (TPSA) is 98.2 Å². The summed E-state index contributed by atoms with van der Waals surface area (Å²) < 4.78 is 16.6. The maximum absolute atomic E-state index is 13.2. The van der Waals surface area contributed by atoms with Crippen molar-refractivity contribution in [2.75, 3.05) is 11.7 Å². The number of ether oxygens (including phenoxy) is 3. The van der Waals surface area contributed by atoms with Crippen LogP contribution in [0.2, 0.25) is 0 Å². The van der Waals surface area contributed by atoms with Crippen LogP contribution < -0.4 is 19.1 Å². The Hall–Kier alpha value is -4.33. The van der Waals surface area contributed by atoms with Crippen LogP contribution in [0.15, 0.2) is 72.4 Å². The summed E-state index contributed by atoms with van der Waals surface area (Å²) in [4.78, 5) is 31.9. The monoisotopic (exact) mass is 458 g/mol. The molecule has 3 aromatic rings. The van der Waals surface area contributed by atoms with Crippen molar-refractivity contribution in [3.8, 4) is 17.2 Å². The molecule has 8 heteroatoms. The third kappa shape index (κ3) is 3.73. The molecular formula is C26H22N2O6. The molecule has 1 aromatic heterocycles. The molecule has 0 unspecified atom stereocenters. The third-order valence-electron chi connectivity index (χ3n) is 5.55. The number of hydrogen-bond donors (Lipinski definition) is 1. The van der Waals surface area contributed by atoms with Gasteiger partial charge in [0.1, 0.15) is 17.3 Å². The van der Waals surface area contributed by atoms with Gasteiger partial charge in [-0.1, -0.05) is 12.1 Å². The van der Waals surface area contributed by atoms with E-state index in [0.29, 0.717) is 34.2 Å². The van der Waals surface area contributed by atoms with Crippen molar-refractivity contribution in [1.29, 1.82) is 0 Å². The summed E-state index contributed by atoms with van der Waals surface area (Å²) in [7, 11) is 0. The van der Waals surface area contributed by atoms with E-state index in [4.69, 9.17) is 14.2 Å². The molecular weight excluding hydrogens is 436 g/mol. The van der Waals surface area contributed by atoms with Crippen LogP contribution in [0.1, 0.15) is 31.0 Å². The molecule has 1 amide bonds. The highest BCUT2D eigenvalue weighted by Gasteiger charge is 2.47. The molecule has 1 fully saturated rings. The van der Waals surface area contributed by atoms with Crippen LogP contribution in [0, 0.1) is 0 Å². The predicted molar refractivity (Wildman–Crippen MR) is 124 cm³/mol. The van der Waals surface area contributed by atoms with Gasteiger partial charge in [0.05, 0.1) is 17.7 Å². The lowest BCUT2D eigenvalue weighted by molar-refractivity contribution is -0.132. The lowest BCUT2D eigenvalue weighted by Gasteiger charge is -2.24. The van der Waals surface area contributed by atoms with Crippen LogP contribution in [0.3, 0.4) is 0 Å². The van der Waals surface area contributed by atoms with E-state index in [1.807, 2.05) is 13.8 Å². The Kier molecular flexibility index (Phi) is 5.41. The number of aliphatic hydroxyl groups excluding tert-OH is 1. The average molecular weight is 458 g/mol. The zero-order chi connectivity index (χ0) is 23.8. The predicted octanol–water partition coefficient (Wildman–Crippen LogP) is 4.22. The van der Waals surface area contributed by atoms with E-state index >= 15 is 0 Å². The van der Waals surface area contributed by atoms with Gasteiger partial charge in [-0.25, -0.2) is 4.98 Å². The lowest BCUT2D eigenvalue weighted by Crippen LogP contribution is -2.30. The molecule has 34 heavy (non-hydrogen) atoms. The van der Waals surface area contributed by atoms with Crippen molar-refractivity contribution >= 4 is 23.3 Å². The van der Waals surface area contributed by atoms with E-state index in [9.17, 15) is 14.7 Å². The number of carbonyl (C=O) groups is 2. The van der Waals surface area contributed by atoms with Gasteiger partial charge in [0.2, 0.25) is 6.79 Å². The first-order valence-corrected chi connectivity index (χ1v) is 10.8. The van der Waals surface area contributed by atoms with Crippen LogP contribution in [-0.4, -0.2) is 34.7 Å². The Bertz CT molecular complexity index is 1280. The number of anilines is 1. The van der Waals surface area contributed by atoms with Gasteiger partial charge in [-0.05, 0) is 67.9 Å². The van der Waals surface area contributed by atoms with E-state index in [-0.39, 0.29) is 24.2 Å². The van der Waals surface area contributed by atoms with Crippen molar-refractivity contribution in [3.63, 3.8) is 0 Å². The summed E-state index contributed by atoms with van der Waals surface area (Å²) in [5.74, 6) is 0.143. The quantitative estimate of drug-likeness (QED) is 0.347. The van der Waals surface area contributed by atoms with Gasteiger partial charge in [-0.15, -0.1) is 0 Å². The van der Waals surface area contributed by atoms with Gasteiger partial charge in [0.15, 0.2) is 11.5 Å². The lowest BCUT2D eigenvalue weighted by atomic mass is 9.95. The highest BCUT2D eigenvalue weighted by Crippen LogP contribution is 2.44. The van der Waals surface area contributed by atoms with Gasteiger partial charge in [0.25, 0.3) is 5.78 Å². The third-order valence-corrected chi connectivity index (χ3v) is 5.55. The second-order valence-electron chi connectivity index (χ2n) is 8.16. The van der Waals surface area contributed by atoms with Gasteiger partial charge in [0, 0.05) is 11.8 Å². The summed E-state index contributed by atoms with van der Waals surface area (Å²) in [6.07, 6.45) is 1.54. The molecule has 8 nitrogen and oxygen atoms in total. The smallest absolute Gasteiger partial charge is 0.301 e. The molecule has 0 aliphatic carbocycles. The minimum absolute atomic E-state index is 0.00542. The molecule has 0 radical (unpaired) electrons. The maximum Gasteiger partial charge on any atom is 0.301 e. The largest absolute Gasteiger partial charge is 0.507 e. The van der Waals surface area contributed by atoms with Crippen molar-refractivity contribution < 1.29 is 28.9 Å². The molecule has 1 atom stereocenters. The fourth-order valence-electron chi connectivity index (χ4n) is 4.08. The van der Waals surface area contributed by atoms with Crippen LogP contribution in [-0.2, 0) is 9.59 Å². The summed E-state index contributed by atoms with van der Waals surface area (Å²) in [6, 6.07) is 16.1. The molecule has 2 aromatic carbocycles. The van der Waals surface area contributed by atoms with E-state index in [1.165, 1.54) is 4.90 Å². The summed E-state index contributed by atoms with van der Waals surface area (Å²) in [5, 5.41) is 11.2. The molecule has 1 saturated heterocycles. The number of pyridine rings is 1. The number of ketones is 1. The molecule has 2 aliphatic rings. The van der Waals surface area contributed by atoms with E-state index in [0.717, 1.165) is 0 Å². The number of aromatic nitrogens is 1. The summed E-state index contributed by atoms with van der Waals surface area (Å²) in [6.45, 7) is 3.92. The summed E-state index contributed by atoms with van der Waals surface area (Å²) >= 11 is 0. The molecule has 2 aliphatic heterocycles. The van der Waals surface area contributed by atoms with Gasteiger partial charge in [-0.3, -0.25) is 14.5 Å². The number of benzene rings is 2. The van der Waals surface area contributed by atoms with E-state index in [2.05, 4.69) is 4.98 Å². The Morgan fingerprint density at radius 2 is 1.82 bits per heavy atom. The molecule has 5 rings (SSSR count). The second kappa shape index (κ2) is 8.55. The number of amides is 1. The number of hydrogen-bond acceptors (Lipinski definition) is 7. The number of nitrogens with zero attached hydrogens (tertiary/aromatic N) is 2. The Balaban J connectivity index is 1.65. The minimum Gasteiger partial charge on any atom is -0.507 e. The van der Waals surface area contributed by atoms with Crippen molar-refractivity contribution in [2.45, 2.75) is 26.0 Å². The van der Waals surface area contributed by atoms with Crippen LogP contribution in [0.25, 0.3) is 5.76 Å². The van der Waals surface area contributed by atoms with E-state index < -0.39 is 17.7 Å². The van der Waals surface area contributed by atoms with Crippen LogP contribution in [0.5, 0.6) is 17.2 Å². The second-order valence-corrected chi connectivity index (χ2v) is 8.16. The minimum atomic E-state index is -0.906. The standard InChI is InChI=1S/C26H22N2O6/c1-15(2)34-18-9-6-16(7-10-18)24(29)22-23(17-8-11-19-20(13-17)33-14-32-19)28(26(31)25(22)30)21-5-3-4-12-27-21/h3-13,15,23,29H,14H2,1-2H3/b24-22+/t23-/m1/s1. The SMILES string of the molecule is CC(C)Oc1ccc(/C(O)=C2\C(=O)C(=O)N(c3ccccn3)[C@@H]2c2ccc3c(c2)OCO3)cc1. The Morgan fingerprint density at radius 1 is 1.06 bits per heavy atom. The average Bonchev–Trinajstić information content (AvgIpc) is 3.41. The molecule has 0 saturated carbocycles. The highest BCUT2D eigenvalue weighted by atomic mass is 16.7. The van der Waals surface area contributed by atoms with Crippen LogP contribution >= 0.6 is 0 Å². The zero-order valence-electron chi connectivity index (χ0n) is 18.6. The van der Waals surface area contributed by atoms with Crippen molar-refractivity contribution in [2.24, 2.45) is 0 Å². The van der Waals surface area contributed by atoms with Gasteiger partial charge < -0.3 is 19.3 Å². The number of aliphatic hydroxyl groups is 1. The molecule has 3 heterocycles. The fourth-order valence-corrected chi connectivity index (χ4v) is 4.08. The maximum atomic E-state index is 13.2. The molecule has 172 valence electrons. The molecule has 1 N–H and O–H groups in total. The molecule has 0 bridgehead atoms. The first kappa shape index (κ1) is 21.5. The highest BCUT2D eigenvalue weighted by molar-refractivity contribution is 6.51. The van der Waals surface area contributed by atoms with Crippen molar-refractivity contribution in [1.82, 2.24) is 4.98 Å². The summed E-state index contributed by atoms with van der Waals surface area (Å²) in [5.41, 5.74) is 0.934. The normalized spacial score (nSPS) is 18.6. The Labute approximate surface area is 196 Å². The number of Topliss-reactive ketones (excluding diaryl/α,β-unsaturated/α-hetero) is 1. The van der Waals surface area contributed by atoms with Crippen LogP contribution in [0.4, 0.5) is 5.82 Å². The number of carbonyl (C=O) groups excluding carboxylic acids is 2.